The lowest BCUT2D eigenvalue weighted by Gasteiger charge is -2.33. The SMILES string of the molecule is C=CC[C@H](C(N)=O)[C@@H](CC1CCC1)C(=O)NC1C(=O)N(c2cccc(C(=O)c3ccccc3)c2)c2ccccc2-c2ccccc21. The Bertz CT molecular complexity index is 1800. The first-order chi connectivity index (χ1) is 22.4. The molecule has 4 aromatic carbocycles. The number of hydrogen-bond donors (Lipinski definition) is 2. The van der Waals surface area contributed by atoms with Gasteiger partial charge in [-0.1, -0.05) is 110 Å². The molecule has 232 valence electrons. The van der Waals surface area contributed by atoms with E-state index in [1.165, 1.54) is 0 Å². The molecule has 7 nitrogen and oxygen atoms in total. The number of para-hydroxylation sites is 1. The van der Waals surface area contributed by atoms with Crippen LogP contribution < -0.4 is 16.0 Å². The van der Waals surface area contributed by atoms with Gasteiger partial charge < -0.3 is 11.1 Å². The molecule has 1 aliphatic carbocycles. The Hall–Kier alpha value is -5.30. The molecule has 1 aliphatic heterocycles. The lowest BCUT2D eigenvalue weighted by atomic mass is 9.74. The molecule has 3 amide bonds. The summed E-state index contributed by atoms with van der Waals surface area (Å²) in [4.78, 5) is 56.6. The number of allylic oxidation sites excluding steroid dienone is 1. The van der Waals surface area contributed by atoms with Crippen LogP contribution in [0.5, 0.6) is 0 Å². The van der Waals surface area contributed by atoms with Gasteiger partial charge in [-0.05, 0) is 48.1 Å². The van der Waals surface area contributed by atoms with E-state index in [1.54, 1.807) is 47.4 Å². The molecule has 0 radical (unpaired) electrons. The summed E-state index contributed by atoms with van der Waals surface area (Å²) in [5.41, 5.74) is 10.2. The maximum atomic E-state index is 14.8. The zero-order chi connectivity index (χ0) is 32.2. The average molecular weight is 612 g/mol. The van der Waals surface area contributed by atoms with Crippen LogP contribution >= 0.6 is 0 Å². The molecule has 1 unspecified atom stereocenters. The summed E-state index contributed by atoms with van der Waals surface area (Å²) in [5.74, 6) is -2.59. The lowest BCUT2D eigenvalue weighted by molar-refractivity contribution is -0.136. The van der Waals surface area contributed by atoms with Crippen LogP contribution in [0.25, 0.3) is 11.1 Å². The standard InChI is InChI=1S/C39H37N3O4/c1-2-12-32(37(40)44)33(23-25-13-10-14-25)38(45)41-35-31-21-7-6-19-29(31)30-20-8-9-22-34(30)42(39(35)46)28-18-11-17-27(24-28)36(43)26-15-4-3-5-16-26/h2-9,11,15-22,24-25,32-33,35H,1,10,12-14,23H2,(H2,40,44)(H,41,45)/t32-,33+,35?/m0/s1. The number of anilines is 2. The van der Waals surface area contributed by atoms with Crippen LogP contribution in [-0.2, 0) is 14.4 Å². The highest BCUT2D eigenvalue weighted by Crippen LogP contribution is 2.44. The Morgan fingerprint density at radius 2 is 1.52 bits per heavy atom. The first-order valence-electron chi connectivity index (χ1n) is 15.8. The van der Waals surface area contributed by atoms with E-state index in [9.17, 15) is 19.2 Å². The Kier molecular flexibility index (Phi) is 8.92. The van der Waals surface area contributed by atoms with Crippen molar-refractivity contribution in [2.45, 2.75) is 38.1 Å². The normalized spacial score (nSPS) is 17.0. The molecule has 2 aliphatic rings. The number of primary amides is 1. The molecule has 7 heteroatoms. The predicted molar refractivity (Wildman–Crippen MR) is 179 cm³/mol. The summed E-state index contributed by atoms with van der Waals surface area (Å²) in [7, 11) is 0. The van der Waals surface area contributed by atoms with Crippen LogP contribution in [0.15, 0.2) is 116 Å². The minimum atomic E-state index is -1.06. The minimum absolute atomic E-state index is 0.162. The number of amides is 3. The fourth-order valence-electron chi connectivity index (χ4n) is 6.67. The van der Waals surface area contributed by atoms with Crippen molar-refractivity contribution in [3.63, 3.8) is 0 Å². The van der Waals surface area contributed by atoms with Gasteiger partial charge in [0.15, 0.2) is 5.78 Å². The van der Waals surface area contributed by atoms with Crippen molar-refractivity contribution in [1.82, 2.24) is 5.32 Å². The van der Waals surface area contributed by atoms with Crippen molar-refractivity contribution in [2.24, 2.45) is 23.5 Å². The third-order valence-electron chi connectivity index (χ3n) is 9.28. The van der Waals surface area contributed by atoms with E-state index in [4.69, 9.17) is 5.73 Å². The van der Waals surface area contributed by atoms with E-state index in [0.29, 0.717) is 40.4 Å². The number of carbonyl (C=O) groups excluding carboxylic acids is 4. The average Bonchev–Trinajstić information content (AvgIpc) is 3.16. The first-order valence-corrected chi connectivity index (χ1v) is 15.8. The molecular weight excluding hydrogens is 574 g/mol. The van der Waals surface area contributed by atoms with Gasteiger partial charge in [-0.15, -0.1) is 6.58 Å². The summed E-state index contributed by atoms with van der Waals surface area (Å²) < 4.78 is 0. The van der Waals surface area contributed by atoms with Gasteiger partial charge in [-0.25, -0.2) is 0 Å². The fraction of sp³-hybridized carbons (Fsp3) is 0.231. The second kappa shape index (κ2) is 13.4. The monoisotopic (exact) mass is 611 g/mol. The van der Waals surface area contributed by atoms with Crippen molar-refractivity contribution in [3.8, 4) is 11.1 Å². The number of fused-ring (bicyclic) bond motifs is 3. The molecular formula is C39H37N3O4. The van der Waals surface area contributed by atoms with E-state index in [2.05, 4.69) is 11.9 Å². The van der Waals surface area contributed by atoms with Crippen molar-refractivity contribution in [3.05, 3.63) is 132 Å². The third-order valence-corrected chi connectivity index (χ3v) is 9.28. The quantitative estimate of drug-likeness (QED) is 0.142. The topological polar surface area (TPSA) is 110 Å². The number of nitrogens with zero attached hydrogens (tertiary/aromatic N) is 1. The minimum Gasteiger partial charge on any atom is -0.369 e. The number of nitrogens with two attached hydrogens (primary N) is 1. The highest BCUT2D eigenvalue weighted by atomic mass is 16.2. The smallest absolute Gasteiger partial charge is 0.258 e. The number of ketones is 1. The number of nitrogens with one attached hydrogen (secondary N) is 1. The Balaban J connectivity index is 1.43. The number of rotatable bonds is 11. The van der Waals surface area contributed by atoms with Crippen LogP contribution in [0.4, 0.5) is 11.4 Å². The van der Waals surface area contributed by atoms with Crippen molar-refractivity contribution < 1.29 is 19.2 Å². The second-order valence-corrected chi connectivity index (χ2v) is 12.1. The van der Waals surface area contributed by atoms with Crippen LogP contribution in [0.2, 0.25) is 0 Å². The van der Waals surface area contributed by atoms with E-state index in [1.807, 2.05) is 66.7 Å². The van der Waals surface area contributed by atoms with Crippen molar-refractivity contribution in [2.75, 3.05) is 4.90 Å². The number of hydrogen-bond acceptors (Lipinski definition) is 4. The Morgan fingerprint density at radius 3 is 2.22 bits per heavy atom. The van der Waals surface area contributed by atoms with Crippen LogP contribution in [0.3, 0.4) is 0 Å². The molecule has 46 heavy (non-hydrogen) atoms. The largest absolute Gasteiger partial charge is 0.369 e. The lowest BCUT2D eigenvalue weighted by Crippen LogP contribution is -2.46. The van der Waals surface area contributed by atoms with Crippen LogP contribution in [-0.4, -0.2) is 23.5 Å². The molecule has 3 N–H and O–H groups in total. The van der Waals surface area contributed by atoms with Gasteiger partial charge in [0.05, 0.1) is 17.5 Å². The zero-order valence-corrected chi connectivity index (χ0v) is 25.6. The number of benzene rings is 4. The summed E-state index contributed by atoms with van der Waals surface area (Å²) in [5, 5.41) is 3.07. The molecule has 6 rings (SSSR count). The van der Waals surface area contributed by atoms with Gasteiger partial charge in [-0.3, -0.25) is 24.1 Å². The van der Waals surface area contributed by atoms with E-state index in [-0.39, 0.29) is 24.0 Å². The summed E-state index contributed by atoms with van der Waals surface area (Å²) >= 11 is 0. The predicted octanol–water partition coefficient (Wildman–Crippen LogP) is 6.90. The van der Waals surface area contributed by atoms with Crippen LogP contribution in [0.1, 0.15) is 59.6 Å². The number of carbonyl (C=O) groups is 4. The summed E-state index contributed by atoms with van der Waals surface area (Å²) in [6.07, 6.45) is 5.49. The fourth-order valence-corrected chi connectivity index (χ4v) is 6.67. The molecule has 1 heterocycles. The van der Waals surface area contributed by atoms with E-state index >= 15 is 0 Å². The van der Waals surface area contributed by atoms with E-state index in [0.717, 1.165) is 30.4 Å². The third kappa shape index (κ3) is 6.01. The molecule has 0 aromatic heterocycles. The molecule has 0 spiro atoms. The molecule has 0 bridgehead atoms. The highest BCUT2D eigenvalue weighted by Gasteiger charge is 2.40. The maximum Gasteiger partial charge on any atom is 0.258 e. The van der Waals surface area contributed by atoms with E-state index < -0.39 is 23.8 Å². The van der Waals surface area contributed by atoms with Crippen molar-refractivity contribution >= 4 is 34.9 Å². The van der Waals surface area contributed by atoms with Gasteiger partial charge in [-0.2, -0.15) is 0 Å². The first kappa shape index (κ1) is 30.7. The highest BCUT2D eigenvalue weighted by molar-refractivity contribution is 6.13. The summed E-state index contributed by atoms with van der Waals surface area (Å²) in [6, 6.07) is 30.1. The molecule has 0 saturated heterocycles. The Morgan fingerprint density at radius 1 is 0.848 bits per heavy atom. The van der Waals surface area contributed by atoms with Crippen molar-refractivity contribution in [1.29, 1.82) is 0 Å². The second-order valence-electron chi connectivity index (χ2n) is 12.1. The Labute approximate surface area is 269 Å². The van der Waals surface area contributed by atoms with Crippen LogP contribution in [0, 0.1) is 17.8 Å². The van der Waals surface area contributed by atoms with Gasteiger partial charge in [0.2, 0.25) is 11.8 Å². The van der Waals surface area contributed by atoms with Gasteiger partial charge in [0, 0.05) is 22.4 Å². The van der Waals surface area contributed by atoms with Gasteiger partial charge in [0.25, 0.3) is 5.91 Å². The van der Waals surface area contributed by atoms with Gasteiger partial charge in [0.1, 0.15) is 6.04 Å². The summed E-state index contributed by atoms with van der Waals surface area (Å²) in [6.45, 7) is 3.79. The molecule has 4 aromatic rings. The van der Waals surface area contributed by atoms with Gasteiger partial charge >= 0.3 is 0 Å². The zero-order valence-electron chi connectivity index (χ0n) is 25.6. The molecule has 1 saturated carbocycles. The molecule has 1 fully saturated rings. The maximum absolute atomic E-state index is 14.8. The molecule has 3 atom stereocenters.